The lowest BCUT2D eigenvalue weighted by Crippen LogP contribution is -2.38. The molecule has 144 valence electrons. The van der Waals surface area contributed by atoms with Gasteiger partial charge in [0.05, 0.1) is 6.54 Å². The minimum atomic E-state index is 0.00989. The topological polar surface area (TPSA) is 84.2 Å². The summed E-state index contributed by atoms with van der Waals surface area (Å²) in [5.74, 6) is 1.41. The summed E-state index contributed by atoms with van der Waals surface area (Å²) in [6.45, 7) is 2.04. The number of hydrogen-bond donors (Lipinski definition) is 1. The minimum absolute atomic E-state index is 0.00989. The molecular weight excluding hydrogens is 469 g/mol. The monoisotopic (exact) mass is 489 g/mol. The summed E-state index contributed by atoms with van der Waals surface area (Å²) in [4.78, 5) is 23.2. The first-order valence-electron chi connectivity index (χ1n) is 9.20. The number of anilines is 1. The Hall–Kier alpha value is -2.33. The van der Waals surface area contributed by atoms with Gasteiger partial charge in [-0.05, 0) is 78.9 Å². The lowest BCUT2D eigenvalue weighted by molar-refractivity contribution is -0.117. The molecule has 0 spiro atoms. The third-order valence-corrected chi connectivity index (χ3v) is 5.42. The van der Waals surface area contributed by atoms with E-state index in [1.54, 1.807) is 6.20 Å². The molecule has 1 fully saturated rings. The van der Waals surface area contributed by atoms with Crippen LogP contribution in [0.4, 0.5) is 5.69 Å². The van der Waals surface area contributed by atoms with E-state index in [2.05, 4.69) is 47.9 Å². The van der Waals surface area contributed by atoms with Crippen LogP contribution < -0.4 is 5.32 Å². The molecule has 8 heteroatoms. The molecule has 0 saturated carbocycles. The van der Waals surface area contributed by atoms with E-state index in [9.17, 15) is 4.79 Å². The molecule has 0 radical (unpaired) electrons. The van der Waals surface area contributed by atoms with Gasteiger partial charge in [0.25, 0.3) is 0 Å². The van der Waals surface area contributed by atoms with Gasteiger partial charge in [-0.15, -0.1) is 0 Å². The number of hydrogen-bond acceptors (Lipinski definition) is 6. The molecule has 3 aromatic rings. The van der Waals surface area contributed by atoms with Gasteiger partial charge in [0, 0.05) is 21.4 Å². The molecule has 1 aliphatic rings. The van der Waals surface area contributed by atoms with Crippen molar-refractivity contribution >= 4 is 34.2 Å². The smallest absolute Gasteiger partial charge is 0.238 e. The molecule has 2 aromatic heterocycles. The summed E-state index contributed by atoms with van der Waals surface area (Å²) in [5.41, 5.74) is 1.54. The number of likely N-dealkylation sites (tertiary alicyclic amines) is 1. The highest BCUT2D eigenvalue weighted by molar-refractivity contribution is 14.1. The fraction of sp³-hybridized carbons (Fsp3) is 0.300. The maximum atomic E-state index is 12.3. The number of nitrogens with zero attached hydrogens (tertiary/aromatic N) is 4. The molecule has 0 bridgehead atoms. The number of carbonyl (C=O) groups excluding carboxylic acids is 1. The molecule has 28 heavy (non-hydrogen) atoms. The van der Waals surface area contributed by atoms with Crippen molar-refractivity contribution in [3.8, 4) is 11.5 Å². The number of piperidine rings is 1. The predicted octanol–water partition coefficient (Wildman–Crippen LogP) is 3.55. The SMILES string of the molecule is O=C(CN1CCC(c2nc(-c3ccccn3)no2)CC1)Nc1cccc(I)c1. The third kappa shape index (κ3) is 4.74. The molecule has 1 aromatic carbocycles. The van der Waals surface area contributed by atoms with E-state index >= 15 is 0 Å². The highest BCUT2D eigenvalue weighted by Gasteiger charge is 2.26. The van der Waals surface area contributed by atoms with Crippen LogP contribution in [0.15, 0.2) is 53.2 Å². The van der Waals surface area contributed by atoms with Crippen LogP contribution in [-0.4, -0.2) is 45.6 Å². The van der Waals surface area contributed by atoms with Crippen LogP contribution in [0.5, 0.6) is 0 Å². The fourth-order valence-electron chi connectivity index (χ4n) is 3.31. The molecule has 0 atom stereocenters. The second kappa shape index (κ2) is 8.78. The van der Waals surface area contributed by atoms with E-state index in [0.717, 1.165) is 35.2 Å². The second-order valence-electron chi connectivity index (χ2n) is 6.78. The normalized spacial score (nSPS) is 15.5. The Balaban J connectivity index is 1.29. The average Bonchev–Trinajstić information content (AvgIpc) is 3.19. The van der Waals surface area contributed by atoms with Crippen LogP contribution in [0.1, 0.15) is 24.7 Å². The Morgan fingerprint density at radius 3 is 2.82 bits per heavy atom. The Bertz CT molecular complexity index is 939. The van der Waals surface area contributed by atoms with E-state index in [1.807, 2.05) is 42.5 Å². The van der Waals surface area contributed by atoms with Crippen molar-refractivity contribution < 1.29 is 9.32 Å². The third-order valence-electron chi connectivity index (χ3n) is 4.75. The van der Waals surface area contributed by atoms with Gasteiger partial charge in [0.1, 0.15) is 5.69 Å². The van der Waals surface area contributed by atoms with Gasteiger partial charge in [0.15, 0.2) is 0 Å². The van der Waals surface area contributed by atoms with Crippen LogP contribution in [0.25, 0.3) is 11.5 Å². The van der Waals surface area contributed by atoms with Crippen molar-refractivity contribution in [2.24, 2.45) is 0 Å². The summed E-state index contributed by atoms with van der Waals surface area (Å²) in [5, 5.41) is 7.02. The van der Waals surface area contributed by atoms with Crippen LogP contribution in [0.3, 0.4) is 0 Å². The van der Waals surface area contributed by atoms with Crippen LogP contribution in [0, 0.1) is 3.57 Å². The van der Waals surface area contributed by atoms with Gasteiger partial charge in [-0.3, -0.25) is 14.7 Å². The van der Waals surface area contributed by atoms with Gasteiger partial charge in [-0.1, -0.05) is 17.3 Å². The summed E-state index contributed by atoms with van der Waals surface area (Å²) in [6.07, 6.45) is 3.49. The largest absolute Gasteiger partial charge is 0.339 e. The predicted molar refractivity (Wildman–Crippen MR) is 114 cm³/mol. The highest BCUT2D eigenvalue weighted by atomic mass is 127. The first kappa shape index (κ1) is 19.0. The molecule has 1 aliphatic heterocycles. The van der Waals surface area contributed by atoms with Gasteiger partial charge >= 0.3 is 0 Å². The molecule has 0 aliphatic carbocycles. The minimum Gasteiger partial charge on any atom is -0.339 e. The first-order valence-corrected chi connectivity index (χ1v) is 10.3. The number of rotatable bonds is 5. The molecule has 7 nitrogen and oxygen atoms in total. The molecule has 4 rings (SSSR count). The molecule has 1 N–H and O–H groups in total. The van der Waals surface area contributed by atoms with Crippen molar-refractivity contribution in [3.05, 3.63) is 58.1 Å². The van der Waals surface area contributed by atoms with Crippen molar-refractivity contribution in [1.82, 2.24) is 20.0 Å². The quantitative estimate of drug-likeness (QED) is 0.552. The number of halogens is 1. The first-order chi connectivity index (χ1) is 13.7. The summed E-state index contributed by atoms with van der Waals surface area (Å²) in [7, 11) is 0. The van der Waals surface area contributed by atoms with E-state index in [-0.39, 0.29) is 11.8 Å². The summed E-state index contributed by atoms with van der Waals surface area (Å²) >= 11 is 2.24. The molecule has 3 heterocycles. The van der Waals surface area contributed by atoms with Crippen LogP contribution >= 0.6 is 22.6 Å². The van der Waals surface area contributed by atoms with E-state index in [1.165, 1.54) is 0 Å². The fourth-order valence-corrected chi connectivity index (χ4v) is 3.85. The van der Waals surface area contributed by atoms with E-state index < -0.39 is 0 Å². The van der Waals surface area contributed by atoms with Gasteiger partial charge in [0.2, 0.25) is 17.6 Å². The van der Waals surface area contributed by atoms with E-state index in [0.29, 0.717) is 24.0 Å². The summed E-state index contributed by atoms with van der Waals surface area (Å²) < 4.78 is 6.56. The molecule has 1 saturated heterocycles. The number of carbonyl (C=O) groups is 1. The maximum Gasteiger partial charge on any atom is 0.238 e. The Morgan fingerprint density at radius 2 is 2.07 bits per heavy atom. The molecule has 1 amide bonds. The Morgan fingerprint density at radius 1 is 1.21 bits per heavy atom. The number of aromatic nitrogens is 3. The van der Waals surface area contributed by atoms with Crippen LogP contribution in [0.2, 0.25) is 0 Å². The zero-order valence-corrected chi connectivity index (χ0v) is 17.4. The van der Waals surface area contributed by atoms with Gasteiger partial charge in [-0.2, -0.15) is 4.98 Å². The maximum absolute atomic E-state index is 12.3. The zero-order valence-electron chi connectivity index (χ0n) is 15.2. The molecular formula is C20H20IN5O2. The Labute approximate surface area is 176 Å². The van der Waals surface area contributed by atoms with Crippen molar-refractivity contribution in [2.75, 3.05) is 25.0 Å². The van der Waals surface area contributed by atoms with Crippen molar-refractivity contribution in [1.29, 1.82) is 0 Å². The molecule has 0 unspecified atom stereocenters. The highest BCUT2D eigenvalue weighted by Crippen LogP contribution is 2.28. The lowest BCUT2D eigenvalue weighted by atomic mass is 9.97. The number of amides is 1. The zero-order chi connectivity index (χ0) is 19.3. The Kier molecular flexibility index (Phi) is 5.96. The lowest BCUT2D eigenvalue weighted by Gasteiger charge is -2.29. The second-order valence-corrected chi connectivity index (χ2v) is 8.03. The van der Waals surface area contributed by atoms with Gasteiger partial charge < -0.3 is 9.84 Å². The van der Waals surface area contributed by atoms with Crippen molar-refractivity contribution in [2.45, 2.75) is 18.8 Å². The number of nitrogens with one attached hydrogen (secondary N) is 1. The van der Waals surface area contributed by atoms with E-state index in [4.69, 9.17) is 4.52 Å². The average molecular weight is 489 g/mol. The number of benzene rings is 1. The van der Waals surface area contributed by atoms with Gasteiger partial charge in [-0.25, -0.2) is 0 Å². The van der Waals surface area contributed by atoms with Crippen LogP contribution in [-0.2, 0) is 4.79 Å². The van der Waals surface area contributed by atoms with Crippen molar-refractivity contribution in [3.63, 3.8) is 0 Å². The summed E-state index contributed by atoms with van der Waals surface area (Å²) in [6, 6.07) is 13.4. The standard InChI is InChI=1S/C20H20IN5O2/c21-15-4-3-5-16(12-15)23-18(27)13-26-10-7-14(8-11-26)20-24-19(25-28-20)17-6-1-2-9-22-17/h1-6,9,12,14H,7-8,10-11,13H2,(H,23,27). The number of pyridine rings is 1.